The van der Waals surface area contributed by atoms with Crippen molar-refractivity contribution in [2.24, 2.45) is 0 Å². The van der Waals surface area contributed by atoms with Gasteiger partial charge in [0, 0.05) is 5.69 Å². The summed E-state index contributed by atoms with van der Waals surface area (Å²) in [6, 6.07) is 0. The summed E-state index contributed by atoms with van der Waals surface area (Å²) in [5, 5.41) is 0.965. The lowest BCUT2D eigenvalue weighted by Gasteiger charge is -2.18. The van der Waals surface area contributed by atoms with Crippen molar-refractivity contribution >= 4 is 34.2 Å². The molecule has 1 aliphatic rings. The number of hydrogen-bond acceptors (Lipinski definition) is 1. The van der Waals surface area contributed by atoms with E-state index in [0.29, 0.717) is 0 Å². The van der Waals surface area contributed by atoms with Crippen LogP contribution in [0.15, 0.2) is 0 Å². The molecule has 0 amide bonds. The molecular weight excluding hydrogens is 308 g/mol. The second-order valence-corrected chi connectivity index (χ2v) is 5.13. The summed E-state index contributed by atoms with van der Waals surface area (Å²) in [5.41, 5.74) is 3.72. The Bertz CT molecular complexity index is 363. The average molecular weight is 322 g/mol. The Morgan fingerprint density at radius 1 is 1.36 bits per heavy atom. The molecule has 0 bridgehead atoms. The van der Waals surface area contributed by atoms with Gasteiger partial charge in [-0.15, -0.1) is 0 Å². The van der Waals surface area contributed by atoms with Gasteiger partial charge in [-0.3, -0.25) is 4.98 Å². The van der Waals surface area contributed by atoms with Crippen LogP contribution in [0, 0.1) is 3.57 Å². The van der Waals surface area contributed by atoms with E-state index in [4.69, 9.17) is 16.6 Å². The van der Waals surface area contributed by atoms with Crippen molar-refractivity contribution in [3.05, 3.63) is 25.5 Å². The number of aromatic nitrogens is 1. The van der Waals surface area contributed by atoms with Gasteiger partial charge in [0.2, 0.25) is 0 Å². The lowest BCUT2D eigenvalue weighted by molar-refractivity contribution is 0.662. The standard InChI is InChI=1S/C11H13ClIN/c1-2-8-11(13)10(12)7-5-3-4-6-9(7)14-8/h2-6H2,1H3. The number of nitrogens with zero attached hydrogens (tertiary/aromatic N) is 1. The Labute approximate surface area is 103 Å². The van der Waals surface area contributed by atoms with Gasteiger partial charge in [0.05, 0.1) is 14.3 Å². The van der Waals surface area contributed by atoms with Crippen LogP contribution in [0.1, 0.15) is 36.7 Å². The molecule has 0 atom stereocenters. The maximum atomic E-state index is 6.35. The number of rotatable bonds is 1. The first-order chi connectivity index (χ1) is 6.74. The molecule has 0 N–H and O–H groups in total. The Morgan fingerprint density at radius 3 is 2.79 bits per heavy atom. The van der Waals surface area contributed by atoms with E-state index >= 15 is 0 Å². The van der Waals surface area contributed by atoms with Crippen LogP contribution in [-0.2, 0) is 19.3 Å². The normalized spacial score (nSPS) is 15.4. The highest BCUT2D eigenvalue weighted by Crippen LogP contribution is 2.32. The fraction of sp³-hybridized carbons (Fsp3) is 0.545. The minimum atomic E-state index is 0.965. The van der Waals surface area contributed by atoms with Crippen LogP contribution in [-0.4, -0.2) is 4.98 Å². The molecule has 0 saturated heterocycles. The molecule has 76 valence electrons. The summed E-state index contributed by atoms with van der Waals surface area (Å²) < 4.78 is 1.16. The summed E-state index contributed by atoms with van der Waals surface area (Å²) in [6.07, 6.45) is 5.72. The molecule has 0 saturated carbocycles. The molecule has 14 heavy (non-hydrogen) atoms. The van der Waals surface area contributed by atoms with Crippen LogP contribution in [0.2, 0.25) is 5.02 Å². The quantitative estimate of drug-likeness (QED) is 0.717. The van der Waals surface area contributed by atoms with Crippen molar-refractivity contribution in [3.8, 4) is 0 Å². The highest BCUT2D eigenvalue weighted by molar-refractivity contribution is 14.1. The molecule has 0 spiro atoms. The molecule has 0 aromatic carbocycles. The first kappa shape index (κ1) is 10.7. The highest BCUT2D eigenvalue weighted by atomic mass is 127. The van der Waals surface area contributed by atoms with Crippen molar-refractivity contribution in [2.75, 3.05) is 0 Å². The fourth-order valence-corrected chi connectivity index (χ4v) is 3.09. The van der Waals surface area contributed by atoms with Crippen LogP contribution in [0.25, 0.3) is 0 Å². The maximum Gasteiger partial charge on any atom is 0.0608 e. The lowest BCUT2D eigenvalue weighted by Crippen LogP contribution is -2.10. The van der Waals surface area contributed by atoms with Gasteiger partial charge in [0.15, 0.2) is 0 Å². The number of fused-ring (bicyclic) bond motifs is 1. The number of pyridine rings is 1. The molecule has 3 heteroatoms. The predicted molar refractivity (Wildman–Crippen MR) is 68.0 cm³/mol. The third-order valence-corrected chi connectivity index (χ3v) is 4.65. The zero-order chi connectivity index (χ0) is 10.1. The summed E-state index contributed by atoms with van der Waals surface area (Å²) in [5.74, 6) is 0. The molecule has 1 heterocycles. The summed E-state index contributed by atoms with van der Waals surface area (Å²) in [4.78, 5) is 4.70. The smallest absolute Gasteiger partial charge is 0.0608 e. The first-order valence-corrected chi connectivity index (χ1v) is 6.55. The average Bonchev–Trinajstić information content (AvgIpc) is 2.23. The zero-order valence-electron chi connectivity index (χ0n) is 8.24. The van der Waals surface area contributed by atoms with Gasteiger partial charge in [0.1, 0.15) is 0 Å². The van der Waals surface area contributed by atoms with E-state index in [2.05, 4.69) is 29.5 Å². The second-order valence-electron chi connectivity index (χ2n) is 3.67. The van der Waals surface area contributed by atoms with E-state index in [0.717, 1.165) is 33.5 Å². The molecular formula is C11H13ClIN. The number of aryl methyl sites for hydroxylation is 2. The van der Waals surface area contributed by atoms with Crippen LogP contribution in [0.5, 0.6) is 0 Å². The van der Waals surface area contributed by atoms with Gasteiger partial charge >= 0.3 is 0 Å². The summed E-state index contributed by atoms with van der Waals surface area (Å²) >= 11 is 8.66. The molecule has 0 fully saturated rings. The Balaban J connectivity index is 2.57. The number of halogens is 2. The highest BCUT2D eigenvalue weighted by Gasteiger charge is 2.18. The van der Waals surface area contributed by atoms with Gasteiger partial charge in [-0.05, 0) is 60.3 Å². The van der Waals surface area contributed by atoms with Gasteiger partial charge in [0.25, 0.3) is 0 Å². The third-order valence-electron chi connectivity index (χ3n) is 2.75. The molecule has 1 nitrogen and oxygen atoms in total. The van der Waals surface area contributed by atoms with E-state index in [9.17, 15) is 0 Å². The monoisotopic (exact) mass is 321 g/mol. The second kappa shape index (κ2) is 4.35. The van der Waals surface area contributed by atoms with E-state index in [1.54, 1.807) is 0 Å². The minimum absolute atomic E-state index is 0.965. The molecule has 0 aliphatic heterocycles. The van der Waals surface area contributed by atoms with Crippen LogP contribution >= 0.6 is 34.2 Å². The van der Waals surface area contributed by atoms with Crippen LogP contribution in [0.3, 0.4) is 0 Å². The topological polar surface area (TPSA) is 12.9 Å². The summed E-state index contributed by atoms with van der Waals surface area (Å²) in [6.45, 7) is 2.13. The third kappa shape index (κ3) is 1.78. The van der Waals surface area contributed by atoms with Crippen molar-refractivity contribution in [3.63, 3.8) is 0 Å². The largest absolute Gasteiger partial charge is 0.256 e. The maximum absolute atomic E-state index is 6.35. The SMILES string of the molecule is CCc1nc2c(c(Cl)c1I)CCCC2. The van der Waals surface area contributed by atoms with Crippen LogP contribution in [0.4, 0.5) is 0 Å². The van der Waals surface area contributed by atoms with Gasteiger partial charge in [-0.25, -0.2) is 0 Å². The van der Waals surface area contributed by atoms with Crippen LogP contribution < -0.4 is 0 Å². The molecule has 0 radical (unpaired) electrons. The van der Waals surface area contributed by atoms with Crippen molar-refractivity contribution in [2.45, 2.75) is 39.0 Å². The summed E-state index contributed by atoms with van der Waals surface area (Å²) in [7, 11) is 0. The Kier molecular flexibility index (Phi) is 3.32. The Hall–Kier alpha value is 0.170. The van der Waals surface area contributed by atoms with Crippen molar-refractivity contribution in [1.29, 1.82) is 0 Å². The molecule has 1 aromatic heterocycles. The lowest BCUT2D eigenvalue weighted by atomic mass is 9.95. The van der Waals surface area contributed by atoms with Crippen molar-refractivity contribution in [1.82, 2.24) is 4.98 Å². The molecule has 1 aromatic rings. The van der Waals surface area contributed by atoms with E-state index in [-0.39, 0.29) is 0 Å². The Morgan fingerprint density at radius 2 is 2.07 bits per heavy atom. The van der Waals surface area contributed by atoms with Gasteiger partial charge < -0.3 is 0 Å². The van der Waals surface area contributed by atoms with E-state index in [1.807, 2.05) is 0 Å². The van der Waals surface area contributed by atoms with E-state index in [1.165, 1.54) is 24.1 Å². The molecule has 0 unspecified atom stereocenters. The zero-order valence-corrected chi connectivity index (χ0v) is 11.2. The molecule has 1 aliphatic carbocycles. The van der Waals surface area contributed by atoms with Crippen molar-refractivity contribution < 1.29 is 0 Å². The first-order valence-electron chi connectivity index (χ1n) is 5.09. The predicted octanol–water partition coefficient (Wildman–Crippen LogP) is 3.78. The molecule has 2 rings (SSSR count). The fourth-order valence-electron chi connectivity index (χ4n) is 1.95. The minimum Gasteiger partial charge on any atom is -0.256 e. The van der Waals surface area contributed by atoms with E-state index < -0.39 is 0 Å². The van der Waals surface area contributed by atoms with Gasteiger partial charge in [-0.2, -0.15) is 0 Å². The number of hydrogen-bond donors (Lipinski definition) is 0. The van der Waals surface area contributed by atoms with Gasteiger partial charge in [-0.1, -0.05) is 18.5 Å².